The molecule has 0 bridgehead atoms. The van der Waals surface area contributed by atoms with Crippen molar-refractivity contribution in [1.29, 1.82) is 0 Å². The second-order valence-corrected chi connectivity index (χ2v) is 10.9. The van der Waals surface area contributed by atoms with Gasteiger partial charge in [-0.05, 0) is 48.6 Å². The molecule has 6 nitrogen and oxygen atoms in total. The van der Waals surface area contributed by atoms with Crippen molar-refractivity contribution in [3.63, 3.8) is 0 Å². The lowest BCUT2D eigenvalue weighted by atomic mass is 10.0. The zero-order chi connectivity index (χ0) is 22.2. The molecule has 1 heterocycles. The van der Waals surface area contributed by atoms with Gasteiger partial charge in [-0.3, -0.25) is 10.1 Å². The Bertz CT molecular complexity index is 1180. The highest BCUT2D eigenvalue weighted by Crippen LogP contribution is 2.31. The molecule has 0 spiro atoms. The number of benzene rings is 2. The van der Waals surface area contributed by atoms with Gasteiger partial charge in [-0.1, -0.05) is 38.1 Å². The van der Waals surface area contributed by atoms with E-state index in [0.29, 0.717) is 16.6 Å². The molecular formula is C23H25N3O3S2. The summed E-state index contributed by atoms with van der Waals surface area (Å²) < 4.78 is 26.6. The lowest BCUT2D eigenvalue weighted by molar-refractivity contribution is 0.102. The predicted octanol–water partition coefficient (Wildman–Crippen LogP) is 4.97. The average Bonchev–Trinajstić information content (AvgIpc) is 3.52. The van der Waals surface area contributed by atoms with Crippen molar-refractivity contribution in [3.05, 3.63) is 65.0 Å². The Hall–Kier alpha value is -2.55. The maximum atomic E-state index is 12.6. The third-order valence-corrected chi connectivity index (χ3v) is 8.13. The quantitative estimate of drug-likeness (QED) is 0.546. The second-order valence-electron chi connectivity index (χ2n) is 8.05. The molecule has 2 aromatic carbocycles. The molecular weight excluding hydrogens is 430 g/mol. The largest absolute Gasteiger partial charge is 0.298 e. The topological polar surface area (TPSA) is 79.4 Å². The van der Waals surface area contributed by atoms with Crippen molar-refractivity contribution in [2.45, 2.75) is 43.5 Å². The molecule has 1 aliphatic rings. The van der Waals surface area contributed by atoms with E-state index in [2.05, 4.69) is 36.3 Å². The third kappa shape index (κ3) is 4.71. The fraction of sp³-hybridized carbons (Fsp3) is 0.304. The molecule has 1 saturated carbocycles. The molecule has 1 aromatic heterocycles. The lowest BCUT2D eigenvalue weighted by Crippen LogP contribution is -2.29. The molecule has 0 aliphatic heterocycles. The number of anilines is 1. The molecule has 1 aliphatic carbocycles. The predicted molar refractivity (Wildman–Crippen MR) is 124 cm³/mol. The number of hydrogen-bond acceptors (Lipinski definition) is 5. The van der Waals surface area contributed by atoms with Crippen LogP contribution in [0.1, 0.15) is 48.5 Å². The van der Waals surface area contributed by atoms with Crippen molar-refractivity contribution in [1.82, 2.24) is 9.29 Å². The van der Waals surface area contributed by atoms with Crippen molar-refractivity contribution >= 4 is 32.4 Å². The number of rotatable bonds is 7. The van der Waals surface area contributed by atoms with Gasteiger partial charge in [0.2, 0.25) is 10.0 Å². The summed E-state index contributed by atoms with van der Waals surface area (Å²) in [7, 11) is -1.92. The number of amides is 1. The summed E-state index contributed by atoms with van der Waals surface area (Å²) in [5.41, 5.74) is 3.45. The van der Waals surface area contributed by atoms with E-state index in [1.807, 2.05) is 17.5 Å². The molecule has 162 valence electrons. The van der Waals surface area contributed by atoms with Crippen LogP contribution in [0.2, 0.25) is 0 Å². The van der Waals surface area contributed by atoms with Crippen LogP contribution in [-0.4, -0.2) is 36.7 Å². The zero-order valence-corrected chi connectivity index (χ0v) is 19.3. The standard InChI is InChI=1S/C23H25N3O3S2/c1-15(2)16-4-6-17(7-5-16)21-14-30-23(24-21)25-22(27)18-8-12-20(13-9-18)31(28,29)26(3)19-10-11-19/h4-9,12-15,19H,10-11H2,1-3H3,(H,24,25,27). The number of aromatic nitrogens is 1. The normalized spacial score (nSPS) is 14.2. The van der Waals surface area contributed by atoms with E-state index in [9.17, 15) is 13.2 Å². The summed E-state index contributed by atoms with van der Waals surface area (Å²) >= 11 is 1.35. The van der Waals surface area contributed by atoms with E-state index < -0.39 is 10.0 Å². The van der Waals surface area contributed by atoms with Gasteiger partial charge in [-0.15, -0.1) is 11.3 Å². The summed E-state index contributed by atoms with van der Waals surface area (Å²) in [4.78, 5) is 17.3. The molecule has 3 aromatic rings. The van der Waals surface area contributed by atoms with Crippen molar-refractivity contribution in [2.24, 2.45) is 0 Å². The van der Waals surface area contributed by atoms with E-state index in [0.717, 1.165) is 24.1 Å². The van der Waals surface area contributed by atoms with Crippen LogP contribution in [0.3, 0.4) is 0 Å². The summed E-state index contributed by atoms with van der Waals surface area (Å²) in [5, 5.41) is 5.20. The van der Waals surface area contributed by atoms with Gasteiger partial charge in [-0.25, -0.2) is 13.4 Å². The number of sulfonamides is 1. The Labute approximate surface area is 187 Å². The Kier molecular flexibility index (Phi) is 5.96. The van der Waals surface area contributed by atoms with Crippen LogP contribution in [-0.2, 0) is 10.0 Å². The Morgan fingerprint density at radius 3 is 2.32 bits per heavy atom. The van der Waals surface area contributed by atoms with Crippen LogP contribution in [0.25, 0.3) is 11.3 Å². The highest BCUT2D eigenvalue weighted by molar-refractivity contribution is 7.89. The fourth-order valence-corrected chi connectivity index (χ4v) is 5.38. The van der Waals surface area contributed by atoms with Gasteiger partial charge in [0.1, 0.15) is 0 Å². The highest BCUT2D eigenvalue weighted by Gasteiger charge is 2.35. The van der Waals surface area contributed by atoms with Crippen molar-refractivity contribution < 1.29 is 13.2 Å². The van der Waals surface area contributed by atoms with Crippen molar-refractivity contribution in [3.8, 4) is 11.3 Å². The smallest absolute Gasteiger partial charge is 0.257 e. The SMILES string of the molecule is CC(C)c1ccc(-c2csc(NC(=O)c3ccc(S(=O)(=O)N(C)C4CC4)cc3)n2)cc1. The number of carbonyl (C=O) groups is 1. The Morgan fingerprint density at radius 2 is 1.74 bits per heavy atom. The minimum Gasteiger partial charge on any atom is -0.298 e. The van der Waals surface area contributed by atoms with Gasteiger partial charge in [0, 0.05) is 29.6 Å². The first-order valence-corrected chi connectivity index (χ1v) is 12.5. The molecule has 0 radical (unpaired) electrons. The monoisotopic (exact) mass is 455 g/mol. The Balaban J connectivity index is 1.44. The molecule has 4 rings (SSSR count). The molecule has 8 heteroatoms. The number of thiazole rings is 1. The van der Waals surface area contributed by atoms with E-state index in [4.69, 9.17) is 0 Å². The molecule has 0 unspecified atom stereocenters. The maximum Gasteiger partial charge on any atom is 0.257 e. The summed E-state index contributed by atoms with van der Waals surface area (Å²) in [6.07, 6.45) is 1.79. The van der Waals surface area contributed by atoms with Crippen molar-refractivity contribution in [2.75, 3.05) is 12.4 Å². The van der Waals surface area contributed by atoms with Crippen LogP contribution < -0.4 is 5.32 Å². The number of nitrogens with zero attached hydrogens (tertiary/aromatic N) is 2. The van der Waals surface area contributed by atoms with Gasteiger partial charge in [-0.2, -0.15) is 4.31 Å². The number of nitrogens with one attached hydrogen (secondary N) is 1. The highest BCUT2D eigenvalue weighted by atomic mass is 32.2. The molecule has 1 N–H and O–H groups in total. The molecule has 1 fully saturated rings. The van der Waals surface area contributed by atoms with Gasteiger partial charge >= 0.3 is 0 Å². The fourth-order valence-electron chi connectivity index (χ4n) is 3.25. The summed E-state index contributed by atoms with van der Waals surface area (Å²) in [5.74, 6) is 0.144. The van der Waals surface area contributed by atoms with Gasteiger partial charge in [0.15, 0.2) is 5.13 Å². The zero-order valence-electron chi connectivity index (χ0n) is 17.7. The van der Waals surface area contributed by atoms with E-state index in [1.165, 1.54) is 45.5 Å². The molecule has 0 saturated heterocycles. The van der Waals surface area contributed by atoms with Gasteiger partial charge < -0.3 is 0 Å². The van der Waals surface area contributed by atoms with E-state index in [1.54, 1.807) is 7.05 Å². The molecule has 31 heavy (non-hydrogen) atoms. The third-order valence-electron chi connectivity index (χ3n) is 5.45. The minimum atomic E-state index is -3.52. The van der Waals surface area contributed by atoms with Crippen LogP contribution in [0.4, 0.5) is 5.13 Å². The van der Waals surface area contributed by atoms with Crippen LogP contribution >= 0.6 is 11.3 Å². The first-order chi connectivity index (χ1) is 14.8. The lowest BCUT2D eigenvalue weighted by Gasteiger charge is -2.16. The van der Waals surface area contributed by atoms with Crippen LogP contribution in [0, 0.1) is 0 Å². The first kappa shape index (κ1) is 21.7. The second kappa shape index (κ2) is 8.53. The first-order valence-electron chi connectivity index (χ1n) is 10.2. The van der Waals surface area contributed by atoms with Gasteiger partial charge in [0.05, 0.1) is 10.6 Å². The summed E-state index contributed by atoms with van der Waals surface area (Å²) in [6, 6.07) is 14.4. The minimum absolute atomic E-state index is 0.0913. The van der Waals surface area contributed by atoms with E-state index >= 15 is 0 Å². The molecule has 1 amide bonds. The average molecular weight is 456 g/mol. The number of carbonyl (C=O) groups excluding carboxylic acids is 1. The summed E-state index contributed by atoms with van der Waals surface area (Å²) in [6.45, 7) is 4.30. The van der Waals surface area contributed by atoms with Gasteiger partial charge in [0.25, 0.3) is 5.91 Å². The van der Waals surface area contributed by atoms with Crippen LogP contribution in [0.15, 0.2) is 58.8 Å². The Morgan fingerprint density at radius 1 is 1.10 bits per heavy atom. The molecule has 0 atom stereocenters. The van der Waals surface area contributed by atoms with Crippen LogP contribution in [0.5, 0.6) is 0 Å². The maximum absolute atomic E-state index is 12.6. The van der Waals surface area contributed by atoms with E-state index in [-0.39, 0.29) is 16.8 Å². The number of hydrogen-bond donors (Lipinski definition) is 1.